The summed E-state index contributed by atoms with van der Waals surface area (Å²) in [4.78, 5) is 0. The van der Waals surface area contributed by atoms with Crippen molar-refractivity contribution in [2.24, 2.45) is 0 Å². The van der Waals surface area contributed by atoms with Gasteiger partial charge in [-0.3, -0.25) is 0 Å². The molecule has 1 atom stereocenters. The second-order valence-corrected chi connectivity index (χ2v) is 3.75. The van der Waals surface area contributed by atoms with E-state index in [4.69, 9.17) is 5.26 Å². The molecule has 0 aliphatic carbocycles. The fourth-order valence-electron chi connectivity index (χ4n) is 0.861. The van der Waals surface area contributed by atoms with Gasteiger partial charge in [0.1, 0.15) is 6.04 Å². The van der Waals surface area contributed by atoms with E-state index >= 15 is 0 Å². The molecule has 0 bridgehead atoms. The Morgan fingerprint density at radius 1 is 1.58 bits per heavy atom. The molecule has 0 heterocycles. The highest BCUT2D eigenvalue weighted by Gasteiger charge is 1.98. The third kappa shape index (κ3) is 2.70. The summed E-state index contributed by atoms with van der Waals surface area (Å²) in [6, 6.07) is 9.93. The summed E-state index contributed by atoms with van der Waals surface area (Å²) < 4.78 is 1.17. The van der Waals surface area contributed by atoms with Crippen molar-refractivity contribution >= 4 is 28.3 Å². The number of benzene rings is 1. The summed E-state index contributed by atoms with van der Waals surface area (Å²) in [5.74, 6) is 0. The molecule has 62 valence electrons. The summed E-state index contributed by atoms with van der Waals surface area (Å²) in [6.45, 7) is 1.83. The first-order valence-corrected chi connectivity index (χ1v) is 4.72. The summed E-state index contributed by atoms with van der Waals surface area (Å²) >= 11 is 2.24. The van der Waals surface area contributed by atoms with Crippen LogP contribution in [0.4, 0.5) is 5.69 Å². The Labute approximate surface area is 85.7 Å². The third-order valence-corrected chi connectivity index (χ3v) is 2.07. The molecule has 0 radical (unpaired) electrons. The van der Waals surface area contributed by atoms with Crippen LogP contribution >= 0.6 is 22.6 Å². The average molecular weight is 272 g/mol. The van der Waals surface area contributed by atoms with Crippen LogP contribution in [0.3, 0.4) is 0 Å². The summed E-state index contributed by atoms with van der Waals surface area (Å²) in [7, 11) is 0. The van der Waals surface area contributed by atoms with Gasteiger partial charge in [0, 0.05) is 9.26 Å². The molecular weight excluding hydrogens is 263 g/mol. The van der Waals surface area contributed by atoms with Gasteiger partial charge in [-0.1, -0.05) is 6.07 Å². The van der Waals surface area contributed by atoms with Gasteiger partial charge in [0.05, 0.1) is 6.07 Å². The lowest BCUT2D eigenvalue weighted by atomic mass is 10.3. The van der Waals surface area contributed by atoms with Gasteiger partial charge in [-0.25, -0.2) is 0 Å². The molecule has 0 spiro atoms. The van der Waals surface area contributed by atoms with Crippen molar-refractivity contribution in [2.45, 2.75) is 13.0 Å². The lowest BCUT2D eigenvalue weighted by Gasteiger charge is -2.07. The number of halogens is 1. The van der Waals surface area contributed by atoms with E-state index < -0.39 is 0 Å². The monoisotopic (exact) mass is 272 g/mol. The standard InChI is InChI=1S/C9H9IN2/c1-7(6-11)12-9-4-2-3-8(10)5-9/h2-5,7,12H,1H3. The van der Waals surface area contributed by atoms with E-state index in [2.05, 4.69) is 34.0 Å². The minimum Gasteiger partial charge on any atom is -0.370 e. The summed E-state index contributed by atoms with van der Waals surface area (Å²) in [5, 5.41) is 11.6. The maximum atomic E-state index is 8.55. The van der Waals surface area contributed by atoms with E-state index in [9.17, 15) is 0 Å². The Morgan fingerprint density at radius 2 is 2.33 bits per heavy atom. The Hall–Kier alpha value is -0.760. The van der Waals surface area contributed by atoms with Crippen LogP contribution in [0.5, 0.6) is 0 Å². The molecule has 1 unspecified atom stereocenters. The molecule has 0 aliphatic rings. The maximum Gasteiger partial charge on any atom is 0.111 e. The van der Waals surface area contributed by atoms with Crippen LogP contribution in [0.25, 0.3) is 0 Å². The lowest BCUT2D eigenvalue weighted by Crippen LogP contribution is -2.11. The van der Waals surface area contributed by atoms with Crippen LogP contribution in [0, 0.1) is 14.9 Å². The molecule has 12 heavy (non-hydrogen) atoms. The first-order chi connectivity index (χ1) is 5.72. The molecule has 0 aromatic heterocycles. The number of rotatable bonds is 2. The van der Waals surface area contributed by atoms with E-state index in [0.717, 1.165) is 5.69 Å². The van der Waals surface area contributed by atoms with Crippen molar-refractivity contribution in [3.8, 4) is 6.07 Å². The van der Waals surface area contributed by atoms with E-state index in [-0.39, 0.29) is 6.04 Å². The zero-order valence-electron chi connectivity index (χ0n) is 6.71. The van der Waals surface area contributed by atoms with E-state index in [0.29, 0.717) is 0 Å². The van der Waals surface area contributed by atoms with Crippen LogP contribution in [0.15, 0.2) is 24.3 Å². The quantitative estimate of drug-likeness (QED) is 0.840. The van der Waals surface area contributed by atoms with E-state index in [1.54, 1.807) is 0 Å². The highest BCUT2D eigenvalue weighted by Crippen LogP contribution is 2.12. The van der Waals surface area contributed by atoms with Crippen LogP contribution in [0.2, 0.25) is 0 Å². The molecule has 0 aliphatic heterocycles. The molecule has 0 saturated heterocycles. The molecule has 1 rings (SSSR count). The zero-order chi connectivity index (χ0) is 8.97. The summed E-state index contributed by atoms with van der Waals surface area (Å²) in [6.07, 6.45) is 0. The second-order valence-electron chi connectivity index (χ2n) is 2.51. The van der Waals surface area contributed by atoms with E-state index in [1.807, 2.05) is 31.2 Å². The van der Waals surface area contributed by atoms with Crippen molar-refractivity contribution in [3.05, 3.63) is 27.8 Å². The SMILES string of the molecule is CC(C#N)Nc1cccc(I)c1. The van der Waals surface area contributed by atoms with Crippen molar-refractivity contribution in [3.63, 3.8) is 0 Å². The van der Waals surface area contributed by atoms with Crippen molar-refractivity contribution < 1.29 is 0 Å². The van der Waals surface area contributed by atoms with Crippen LogP contribution in [-0.2, 0) is 0 Å². The smallest absolute Gasteiger partial charge is 0.111 e. The largest absolute Gasteiger partial charge is 0.370 e. The fourth-order valence-corrected chi connectivity index (χ4v) is 1.40. The first-order valence-electron chi connectivity index (χ1n) is 3.64. The minimum atomic E-state index is -0.136. The van der Waals surface area contributed by atoms with Crippen molar-refractivity contribution in [2.75, 3.05) is 5.32 Å². The fraction of sp³-hybridized carbons (Fsp3) is 0.222. The summed E-state index contributed by atoms with van der Waals surface area (Å²) in [5.41, 5.74) is 0.996. The van der Waals surface area contributed by atoms with Gasteiger partial charge < -0.3 is 5.32 Å². The molecule has 0 amide bonds. The van der Waals surface area contributed by atoms with E-state index in [1.165, 1.54) is 3.57 Å². The molecule has 1 aromatic carbocycles. The average Bonchev–Trinajstić information content (AvgIpc) is 2.04. The topological polar surface area (TPSA) is 35.8 Å². The highest BCUT2D eigenvalue weighted by atomic mass is 127. The van der Waals surface area contributed by atoms with Gasteiger partial charge in [-0.15, -0.1) is 0 Å². The molecule has 0 saturated carbocycles. The Balaban J connectivity index is 2.71. The normalized spacial score (nSPS) is 11.8. The number of hydrogen-bond acceptors (Lipinski definition) is 2. The number of nitriles is 1. The van der Waals surface area contributed by atoms with Gasteiger partial charge in [-0.05, 0) is 47.7 Å². The Kier molecular flexibility index (Phi) is 3.35. The van der Waals surface area contributed by atoms with Gasteiger partial charge in [0.15, 0.2) is 0 Å². The number of nitrogens with zero attached hydrogens (tertiary/aromatic N) is 1. The minimum absolute atomic E-state index is 0.136. The molecule has 1 N–H and O–H groups in total. The van der Waals surface area contributed by atoms with Crippen molar-refractivity contribution in [1.82, 2.24) is 0 Å². The van der Waals surface area contributed by atoms with Gasteiger partial charge >= 0.3 is 0 Å². The van der Waals surface area contributed by atoms with Crippen LogP contribution in [-0.4, -0.2) is 6.04 Å². The number of anilines is 1. The highest BCUT2D eigenvalue weighted by molar-refractivity contribution is 14.1. The Morgan fingerprint density at radius 3 is 2.92 bits per heavy atom. The number of nitrogens with one attached hydrogen (secondary N) is 1. The van der Waals surface area contributed by atoms with Gasteiger partial charge in [0.2, 0.25) is 0 Å². The molecule has 2 nitrogen and oxygen atoms in total. The van der Waals surface area contributed by atoms with Crippen LogP contribution in [0.1, 0.15) is 6.92 Å². The molecular formula is C9H9IN2. The molecule has 1 aromatic rings. The van der Waals surface area contributed by atoms with Gasteiger partial charge in [0.25, 0.3) is 0 Å². The third-order valence-electron chi connectivity index (χ3n) is 1.40. The maximum absolute atomic E-state index is 8.55. The molecule has 0 fully saturated rings. The first kappa shape index (κ1) is 9.33. The van der Waals surface area contributed by atoms with Crippen LogP contribution < -0.4 is 5.32 Å². The lowest BCUT2D eigenvalue weighted by molar-refractivity contribution is 1.01. The zero-order valence-corrected chi connectivity index (χ0v) is 8.87. The Bertz CT molecular complexity index is 304. The molecule has 3 heteroatoms. The predicted octanol–water partition coefficient (Wildman–Crippen LogP) is 2.62. The van der Waals surface area contributed by atoms with Crippen molar-refractivity contribution in [1.29, 1.82) is 5.26 Å². The second kappa shape index (κ2) is 4.31. The predicted molar refractivity (Wildman–Crippen MR) is 57.9 cm³/mol. The van der Waals surface area contributed by atoms with Gasteiger partial charge in [-0.2, -0.15) is 5.26 Å². The number of hydrogen-bond donors (Lipinski definition) is 1.